The zero-order valence-corrected chi connectivity index (χ0v) is 17.4. The molecule has 3 saturated heterocycles. The van der Waals surface area contributed by atoms with Crippen LogP contribution in [0.4, 0.5) is 5.13 Å². The number of rotatable bonds is 5. The average molecular weight is 417 g/mol. The third kappa shape index (κ3) is 3.83. The highest BCUT2D eigenvalue weighted by atomic mass is 32.1. The topological polar surface area (TPSA) is 96.2 Å². The first-order chi connectivity index (χ1) is 14.1. The number of carbonyl (C=O) groups is 1. The van der Waals surface area contributed by atoms with Crippen molar-refractivity contribution in [2.75, 3.05) is 18.4 Å². The molecule has 3 aliphatic heterocycles. The molecular formula is C20H28N6O2S. The number of nitrogens with one attached hydrogen (secondary N) is 1. The van der Waals surface area contributed by atoms with E-state index in [1.54, 1.807) is 6.20 Å². The summed E-state index contributed by atoms with van der Waals surface area (Å²) in [5.41, 5.74) is -0.0877. The Morgan fingerprint density at radius 3 is 2.93 bits per heavy atom. The maximum absolute atomic E-state index is 12.7. The Bertz CT molecular complexity index is 847. The largest absolute Gasteiger partial charge is 0.383 e. The molecular weight excluding hydrogens is 388 g/mol. The number of hydrogen-bond acceptors (Lipinski definition) is 7. The number of nitrogens with zero attached hydrogens (tertiary/aromatic N) is 5. The molecule has 4 fully saturated rings. The molecule has 0 spiro atoms. The monoisotopic (exact) mass is 416 g/mol. The summed E-state index contributed by atoms with van der Waals surface area (Å²) in [6.07, 6.45) is 10.5. The van der Waals surface area contributed by atoms with Gasteiger partial charge in [0.05, 0.1) is 18.7 Å². The van der Waals surface area contributed by atoms with Gasteiger partial charge in [0.2, 0.25) is 5.91 Å². The van der Waals surface area contributed by atoms with Gasteiger partial charge in [0.1, 0.15) is 11.3 Å². The summed E-state index contributed by atoms with van der Waals surface area (Å²) in [6, 6.07) is 0.369. The first-order valence-corrected chi connectivity index (χ1v) is 11.6. The Morgan fingerprint density at radius 1 is 1.34 bits per heavy atom. The average Bonchev–Trinajstić information content (AvgIpc) is 3.41. The highest BCUT2D eigenvalue weighted by molar-refractivity contribution is 7.13. The maximum atomic E-state index is 12.7. The fourth-order valence-electron chi connectivity index (χ4n) is 5.32. The Morgan fingerprint density at radius 2 is 2.21 bits per heavy atom. The molecule has 6 rings (SSSR count). The van der Waals surface area contributed by atoms with Crippen LogP contribution in [0.1, 0.15) is 50.6 Å². The van der Waals surface area contributed by atoms with Crippen LogP contribution >= 0.6 is 11.3 Å². The van der Waals surface area contributed by atoms with Crippen molar-refractivity contribution in [2.45, 2.75) is 63.1 Å². The van der Waals surface area contributed by atoms with Crippen molar-refractivity contribution in [1.82, 2.24) is 24.9 Å². The molecule has 29 heavy (non-hydrogen) atoms. The summed E-state index contributed by atoms with van der Waals surface area (Å²) >= 11 is 1.46. The summed E-state index contributed by atoms with van der Waals surface area (Å²) in [6.45, 7) is 2.58. The fraction of sp³-hybridized carbons (Fsp3) is 0.700. The molecule has 9 heteroatoms. The zero-order valence-electron chi connectivity index (χ0n) is 16.5. The van der Waals surface area contributed by atoms with E-state index in [9.17, 15) is 9.90 Å². The normalized spacial score (nSPS) is 30.9. The lowest BCUT2D eigenvalue weighted by atomic mass is 9.75. The zero-order chi connectivity index (χ0) is 19.8. The van der Waals surface area contributed by atoms with E-state index in [1.807, 2.05) is 16.3 Å². The highest BCUT2D eigenvalue weighted by Crippen LogP contribution is 2.38. The Balaban J connectivity index is 1.21. The van der Waals surface area contributed by atoms with Gasteiger partial charge in [-0.1, -0.05) is 24.5 Å². The fourth-order valence-corrected chi connectivity index (χ4v) is 5.85. The molecule has 4 atom stereocenters. The van der Waals surface area contributed by atoms with Crippen LogP contribution in [0.3, 0.4) is 0 Å². The van der Waals surface area contributed by atoms with Crippen molar-refractivity contribution < 1.29 is 9.90 Å². The van der Waals surface area contributed by atoms with Crippen molar-refractivity contribution >= 4 is 22.4 Å². The molecule has 4 aliphatic rings. The molecule has 1 unspecified atom stereocenters. The molecule has 1 aliphatic carbocycles. The lowest BCUT2D eigenvalue weighted by molar-refractivity contribution is -0.127. The van der Waals surface area contributed by atoms with Crippen LogP contribution in [0, 0.1) is 11.8 Å². The van der Waals surface area contributed by atoms with Crippen molar-refractivity contribution in [1.29, 1.82) is 0 Å². The van der Waals surface area contributed by atoms with Gasteiger partial charge in [0, 0.05) is 24.2 Å². The Labute approximate surface area is 174 Å². The van der Waals surface area contributed by atoms with Gasteiger partial charge in [-0.15, -0.1) is 16.4 Å². The summed E-state index contributed by atoms with van der Waals surface area (Å²) in [5, 5.41) is 25.0. The van der Waals surface area contributed by atoms with E-state index in [0.717, 1.165) is 58.2 Å². The molecule has 0 aromatic carbocycles. The molecule has 2 aromatic heterocycles. The number of fused-ring (bicyclic) bond motifs is 3. The van der Waals surface area contributed by atoms with Gasteiger partial charge in [0.25, 0.3) is 0 Å². The van der Waals surface area contributed by atoms with Gasteiger partial charge in [0.15, 0.2) is 5.13 Å². The number of aromatic nitrogens is 4. The van der Waals surface area contributed by atoms with Gasteiger partial charge in [-0.25, -0.2) is 4.98 Å². The lowest BCUT2D eigenvalue weighted by Crippen LogP contribution is -2.57. The minimum atomic E-state index is -0.804. The van der Waals surface area contributed by atoms with E-state index in [1.165, 1.54) is 17.8 Å². The third-order valence-electron chi connectivity index (χ3n) is 6.97. The van der Waals surface area contributed by atoms with Crippen molar-refractivity contribution in [3.8, 4) is 0 Å². The van der Waals surface area contributed by atoms with Crippen LogP contribution in [0.2, 0.25) is 0 Å². The van der Waals surface area contributed by atoms with Crippen molar-refractivity contribution in [2.24, 2.45) is 11.8 Å². The predicted molar refractivity (Wildman–Crippen MR) is 109 cm³/mol. The number of aliphatic hydroxyl groups is 1. The van der Waals surface area contributed by atoms with Gasteiger partial charge in [-0.3, -0.25) is 14.4 Å². The molecule has 1 amide bonds. The number of amides is 1. The number of thiazole rings is 1. The van der Waals surface area contributed by atoms with Gasteiger partial charge in [-0.2, -0.15) is 0 Å². The van der Waals surface area contributed by atoms with E-state index in [2.05, 4.69) is 25.5 Å². The molecule has 8 nitrogen and oxygen atoms in total. The molecule has 5 heterocycles. The van der Waals surface area contributed by atoms with Crippen molar-refractivity contribution in [3.63, 3.8) is 0 Å². The minimum Gasteiger partial charge on any atom is -0.383 e. The van der Waals surface area contributed by atoms with Gasteiger partial charge < -0.3 is 10.4 Å². The molecule has 0 radical (unpaired) electrons. The number of piperidine rings is 3. The van der Waals surface area contributed by atoms with Crippen LogP contribution in [0.25, 0.3) is 0 Å². The smallest absolute Gasteiger partial charge is 0.230 e. The molecule has 156 valence electrons. The Hall–Kier alpha value is -1.84. The first-order valence-electron chi connectivity index (χ1n) is 10.7. The molecule has 2 bridgehead atoms. The summed E-state index contributed by atoms with van der Waals surface area (Å²) in [4.78, 5) is 19.3. The summed E-state index contributed by atoms with van der Waals surface area (Å²) in [7, 11) is 0. The van der Waals surface area contributed by atoms with Crippen molar-refractivity contribution in [3.05, 3.63) is 23.5 Å². The second-order valence-corrected chi connectivity index (χ2v) is 9.68. The predicted octanol–water partition coefficient (Wildman–Crippen LogP) is 2.24. The third-order valence-corrected chi connectivity index (χ3v) is 7.66. The van der Waals surface area contributed by atoms with E-state index in [4.69, 9.17) is 0 Å². The van der Waals surface area contributed by atoms with Crippen LogP contribution in [-0.4, -0.2) is 55.0 Å². The highest BCUT2D eigenvalue weighted by Gasteiger charge is 2.43. The molecule has 2 N–H and O–H groups in total. The second kappa shape index (κ2) is 7.77. The second-order valence-electron chi connectivity index (χ2n) is 8.78. The van der Waals surface area contributed by atoms with Gasteiger partial charge >= 0.3 is 0 Å². The minimum absolute atomic E-state index is 0.0261. The van der Waals surface area contributed by atoms with E-state index in [0.29, 0.717) is 22.8 Å². The first kappa shape index (κ1) is 19.1. The van der Waals surface area contributed by atoms with Gasteiger partial charge in [-0.05, 0) is 38.1 Å². The lowest BCUT2D eigenvalue weighted by Gasteiger charge is -2.49. The van der Waals surface area contributed by atoms with E-state index >= 15 is 0 Å². The van der Waals surface area contributed by atoms with Crippen LogP contribution in [0.5, 0.6) is 0 Å². The van der Waals surface area contributed by atoms with Crippen LogP contribution in [-0.2, 0) is 16.9 Å². The SMILES string of the molecule is O=C(Nc1nccs1)[C@H]1CN2CC[C@H]1C[C@@H]2Cn1cc(C2(O)CCCCC2)nn1. The number of carbonyl (C=O) groups excluding carboxylic acids is 1. The number of anilines is 1. The van der Waals surface area contributed by atoms with Crippen LogP contribution < -0.4 is 5.32 Å². The quantitative estimate of drug-likeness (QED) is 0.776. The summed E-state index contributed by atoms with van der Waals surface area (Å²) in [5.74, 6) is 0.518. The maximum Gasteiger partial charge on any atom is 0.230 e. The number of hydrogen-bond donors (Lipinski definition) is 2. The molecule has 1 saturated carbocycles. The standard InChI is InChI=1S/C20H28N6O2S/c27-18(22-19-21-7-9-29-19)16-12-25-8-4-14(16)10-15(25)11-26-13-17(23-24-26)20(28)5-2-1-3-6-20/h7,9,13-16,28H,1-6,8,10-12H2,(H,21,22,27)/t14-,15+,16-/m0/s1. The summed E-state index contributed by atoms with van der Waals surface area (Å²) < 4.78 is 1.89. The Kier molecular flexibility index (Phi) is 5.13. The van der Waals surface area contributed by atoms with Crippen LogP contribution in [0.15, 0.2) is 17.8 Å². The molecule has 2 aromatic rings. The van der Waals surface area contributed by atoms with E-state index < -0.39 is 5.60 Å². The van der Waals surface area contributed by atoms with E-state index in [-0.39, 0.29) is 11.8 Å².